The highest BCUT2D eigenvalue weighted by Gasteiger charge is 2.12. The highest BCUT2D eigenvalue weighted by atomic mass is 16.3. The standard InChI is InChI=1S/C3H6N2O/c6-2-1-3-4-5-3/h3,6H,1-2H2. The van der Waals surface area contributed by atoms with E-state index in [1.54, 1.807) is 0 Å². The lowest BCUT2D eigenvalue weighted by Crippen LogP contribution is -1.87. The van der Waals surface area contributed by atoms with Gasteiger partial charge in [-0.3, -0.25) is 0 Å². The molecular formula is C3H6N2O. The van der Waals surface area contributed by atoms with Gasteiger partial charge in [0.15, 0.2) is 6.17 Å². The van der Waals surface area contributed by atoms with Gasteiger partial charge in [0.05, 0.1) is 0 Å². The van der Waals surface area contributed by atoms with E-state index in [4.69, 9.17) is 5.11 Å². The summed E-state index contributed by atoms with van der Waals surface area (Å²) in [5, 5.41) is 15.3. The molecule has 0 saturated heterocycles. The molecule has 1 rings (SSSR count). The first-order valence-electron chi connectivity index (χ1n) is 1.94. The number of hydrogen-bond donors (Lipinski definition) is 1. The maximum atomic E-state index is 8.16. The minimum Gasteiger partial charge on any atom is -0.396 e. The van der Waals surface area contributed by atoms with Crippen LogP contribution < -0.4 is 0 Å². The van der Waals surface area contributed by atoms with Crippen LogP contribution in [-0.2, 0) is 0 Å². The normalized spacial score (nSPS) is 18.8. The Morgan fingerprint density at radius 2 is 2.17 bits per heavy atom. The van der Waals surface area contributed by atoms with Gasteiger partial charge in [-0.05, 0) is 0 Å². The van der Waals surface area contributed by atoms with Crippen molar-refractivity contribution in [2.75, 3.05) is 6.61 Å². The van der Waals surface area contributed by atoms with Gasteiger partial charge in [0, 0.05) is 13.0 Å². The largest absolute Gasteiger partial charge is 0.396 e. The Bertz CT molecular complexity index is 65.2. The van der Waals surface area contributed by atoms with Gasteiger partial charge in [0.1, 0.15) is 0 Å². The molecule has 0 atom stereocenters. The summed E-state index contributed by atoms with van der Waals surface area (Å²) >= 11 is 0. The topological polar surface area (TPSA) is 45.0 Å². The average molecular weight is 86.1 g/mol. The zero-order valence-electron chi connectivity index (χ0n) is 3.33. The molecule has 0 radical (unpaired) electrons. The maximum Gasteiger partial charge on any atom is 0.183 e. The summed E-state index contributed by atoms with van der Waals surface area (Å²) in [4.78, 5) is 0. The van der Waals surface area contributed by atoms with Crippen molar-refractivity contribution in [3.63, 3.8) is 0 Å². The Kier molecular flexibility index (Phi) is 0.837. The van der Waals surface area contributed by atoms with Crippen LogP contribution in [0.4, 0.5) is 0 Å². The quantitative estimate of drug-likeness (QED) is 0.511. The third-order valence-electron chi connectivity index (χ3n) is 0.666. The molecule has 34 valence electrons. The number of nitrogens with zero attached hydrogens (tertiary/aromatic N) is 2. The molecule has 0 bridgehead atoms. The van der Waals surface area contributed by atoms with E-state index in [2.05, 4.69) is 10.2 Å². The molecule has 0 fully saturated rings. The lowest BCUT2D eigenvalue weighted by molar-refractivity contribution is 0.286. The van der Waals surface area contributed by atoms with E-state index in [1.807, 2.05) is 0 Å². The molecule has 1 heterocycles. The van der Waals surface area contributed by atoms with E-state index in [0.717, 1.165) is 0 Å². The van der Waals surface area contributed by atoms with Crippen LogP contribution in [0.2, 0.25) is 0 Å². The van der Waals surface area contributed by atoms with Crippen molar-refractivity contribution in [3.05, 3.63) is 0 Å². The molecule has 1 N–H and O–H groups in total. The predicted octanol–water partition coefficient (Wildman–Crippen LogP) is 0.161. The number of aliphatic hydroxyl groups excluding tert-OH is 1. The van der Waals surface area contributed by atoms with Gasteiger partial charge in [-0.1, -0.05) is 0 Å². The minimum atomic E-state index is 0.148. The molecule has 1 aliphatic rings. The van der Waals surface area contributed by atoms with Crippen molar-refractivity contribution in [2.45, 2.75) is 12.6 Å². The Morgan fingerprint density at radius 3 is 2.33 bits per heavy atom. The SMILES string of the molecule is OCCC1N=N1. The van der Waals surface area contributed by atoms with E-state index in [9.17, 15) is 0 Å². The molecule has 0 amide bonds. The second kappa shape index (κ2) is 1.34. The molecule has 0 unspecified atom stereocenters. The number of rotatable bonds is 2. The lowest BCUT2D eigenvalue weighted by Gasteiger charge is -1.78. The van der Waals surface area contributed by atoms with Gasteiger partial charge < -0.3 is 5.11 Å². The Labute approximate surface area is 35.7 Å². The summed E-state index contributed by atoms with van der Waals surface area (Å²) < 4.78 is 0. The Hall–Kier alpha value is -0.440. The first-order chi connectivity index (χ1) is 2.93. The molecule has 3 nitrogen and oxygen atoms in total. The molecule has 0 aromatic rings. The van der Waals surface area contributed by atoms with Gasteiger partial charge in [0.2, 0.25) is 0 Å². The number of aliphatic hydroxyl groups is 1. The maximum absolute atomic E-state index is 8.16. The highest BCUT2D eigenvalue weighted by molar-refractivity contribution is 4.67. The van der Waals surface area contributed by atoms with E-state index in [0.29, 0.717) is 6.42 Å². The summed E-state index contributed by atoms with van der Waals surface area (Å²) in [6, 6.07) is 0. The lowest BCUT2D eigenvalue weighted by atomic mass is 10.4. The van der Waals surface area contributed by atoms with Crippen molar-refractivity contribution in [1.82, 2.24) is 0 Å². The monoisotopic (exact) mass is 86.0 g/mol. The molecular weight excluding hydrogens is 80.0 g/mol. The average Bonchev–Trinajstić information content (AvgIpc) is 2.21. The van der Waals surface area contributed by atoms with Crippen LogP contribution in [0.3, 0.4) is 0 Å². The van der Waals surface area contributed by atoms with Crippen LogP contribution >= 0.6 is 0 Å². The number of hydrogen-bond acceptors (Lipinski definition) is 3. The Balaban J connectivity index is 1.90. The van der Waals surface area contributed by atoms with Crippen molar-refractivity contribution >= 4 is 0 Å². The zero-order chi connectivity index (χ0) is 4.41. The van der Waals surface area contributed by atoms with E-state index in [-0.39, 0.29) is 12.8 Å². The van der Waals surface area contributed by atoms with Crippen molar-refractivity contribution in [1.29, 1.82) is 0 Å². The molecule has 0 spiro atoms. The van der Waals surface area contributed by atoms with E-state index in [1.165, 1.54) is 0 Å². The van der Waals surface area contributed by atoms with Crippen LogP contribution in [0.15, 0.2) is 10.2 Å². The third kappa shape index (κ3) is 0.755. The minimum absolute atomic E-state index is 0.148. The summed E-state index contributed by atoms with van der Waals surface area (Å²) in [7, 11) is 0. The van der Waals surface area contributed by atoms with Gasteiger partial charge >= 0.3 is 0 Å². The second-order valence-electron chi connectivity index (χ2n) is 1.22. The van der Waals surface area contributed by atoms with E-state index >= 15 is 0 Å². The molecule has 1 aliphatic heterocycles. The van der Waals surface area contributed by atoms with Gasteiger partial charge in [-0.25, -0.2) is 0 Å². The highest BCUT2D eigenvalue weighted by Crippen LogP contribution is 2.12. The smallest absolute Gasteiger partial charge is 0.183 e. The molecule has 0 aromatic carbocycles. The van der Waals surface area contributed by atoms with Crippen LogP contribution in [0.5, 0.6) is 0 Å². The van der Waals surface area contributed by atoms with Gasteiger partial charge in [0.25, 0.3) is 0 Å². The summed E-state index contributed by atoms with van der Waals surface area (Å²) in [6.45, 7) is 0.206. The first-order valence-corrected chi connectivity index (χ1v) is 1.94. The molecule has 0 aliphatic carbocycles. The van der Waals surface area contributed by atoms with Crippen LogP contribution in [0.25, 0.3) is 0 Å². The van der Waals surface area contributed by atoms with Crippen molar-refractivity contribution in [2.24, 2.45) is 10.2 Å². The van der Waals surface area contributed by atoms with Crippen LogP contribution in [-0.4, -0.2) is 17.9 Å². The van der Waals surface area contributed by atoms with Crippen molar-refractivity contribution in [3.8, 4) is 0 Å². The fraction of sp³-hybridized carbons (Fsp3) is 1.00. The summed E-state index contributed by atoms with van der Waals surface area (Å²) in [6.07, 6.45) is 0.856. The van der Waals surface area contributed by atoms with Gasteiger partial charge in [-0.2, -0.15) is 10.2 Å². The molecule has 3 heteroatoms. The third-order valence-corrected chi connectivity index (χ3v) is 0.666. The summed E-state index contributed by atoms with van der Waals surface area (Å²) in [5.74, 6) is 0. The molecule has 0 aromatic heterocycles. The summed E-state index contributed by atoms with van der Waals surface area (Å²) in [5.41, 5.74) is 0. The fourth-order valence-corrected chi connectivity index (χ4v) is 0.278. The van der Waals surface area contributed by atoms with E-state index < -0.39 is 0 Å². The van der Waals surface area contributed by atoms with Gasteiger partial charge in [-0.15, -0.1) is 0 Å². The molecule has 0 saturated carbocycles. The van der Waals surface area contributed by atoms with Crippen LogP contribution in [0.1, 0.15) is 6.42 Å². The predicted molar refractivity (Wildman–Crippen MR) is 20.3 cm³/mol. The van der Waals surface area contributed by atoms with Crippen LogP contribution in [0, 0.1) is 0 Å². The fourth-order valence-electron chi connectivity index (χ4n) is 0.278. The first kappa shape index (κ1) is 3.74. The van der Waals surface area contributed by atoms with Crippen molar-refractivity contribution < 1.29 is 5.11 Å². The zero-order valence-corrected chi connectivity index (χ0v) is 3.33. The molecule has 6 heavy (non-hydrogen) atoms. The second-order valence-corrected chi connectivity index (χ2v) is 1.22. The Morgan fingerprint density at radius 1 is 1.50 bits per heavy atom.